The first-order valence-electron chi connectivity index (χ1n) is 6.31. The van der Waals surface area contributed by atoms with Gasteiger partial charge in [0.05, 0.1) is 5.69 Å². The van der Waals surface area contributed by atoms with Gasteiger partial charge in [0.1, 0.15) is 6.54 Å². The van der Waals surface area contributed by atoms with E-state index in [0.717, 1.165) is 0 Å². The molecule has 0 unspecified atom stereocenters. The van der Waals surface area contributed by atoms with Crippen LogP contribution in [0, 0.1) is 0 Å². The Kier molecular flexibility index (Phi) is 3.56. The van der Waals surface area contributed by atoms with Crippen molar-refractivity contribution in [2.75, 3.05) is 0 Å². The van der Waals surface area contributed by atoms with Crippen LogP contribution >= 0.6 is 0 Å². The van der Waals surface area contributed by atoms with Gasteiger partial charge in [0, 0.05) is 5.41 Å². The molecule has 0 radical (unpaired) electrons. The molecule has 0 aliphatic rings. The highest BCUT2D eigenvalue weighted by atomic mass is 16.4. The Bertz CT molecular complexity index is 623. The normalized spacial score (nSPS) is 11.8. The van der Waals surface area contributed by atoms with E-state index in [-0.39, 0.29) is 17.7 Å². The average molecular weight is 279 g/mol. The third-order valence-corrected chi connectivity index (χ3v) is 2.77. The molecule has 1 N–H and O–H groups in total. The molecule has 2 rings (SSSR count). The van der Waals surface area contributed by atoms with E-state index in [1.54, 1.807) is 0 Å². The van der Waals surface area contributed by atoms with Gasteiger partial charge in [0.25, 0.3) is 0 Å². The summed E-state index contributed by atoms with van der Waals surface area (Å²) in [6.45, 7) is 7.97. The van der Waals surface area contributed by atoms with Crippen LogP contribution < -0.4 is 0 Å². The minimum absolute atomic E-state index is 0.0388. The van der Waals surface area contributed by atoms with Crippen molar-refractivity contribution >= 4 is 5.97 Å². The number of carboxylic acid groups (broad SMARTS) is 1. The molecule has 0 spiro atoms. The number of aromatic carboxylic acids is 1. The first-order chi connectivity index (χ1) is 9.32. The molecule has 20 heavy (non-hydrogen) atoms. The number of hydrogen-bond donors (Lipinski definition) is 1. The SMILES string of the molecule is CCc1c(C(=O)O)nnn1Cc1nnc(C(C)(C)C)o1. The molecule has 0 aliphatic heterocycles. The molecule has 0 atom stereocenters. The fourth-order valence-electron chi connectivity index (χ4n) is 1.72. The predicted octanol–water partition coefficient (Wildman–Crippen LogP) is 1.27. The van der Waals surface area contributed by atoms with E-state index in [1.165, 1.54) is 4.68 Å². The van der Waals surface area contributed by atoms with Crippen molar-refractivity contribution in [2.24, 2.45) is 0 Å². The zero-order valence-electron chi connectivity index (χ0n) is 11.9. The van der Waals surface area contributed by atoms with Crippen LogP contribution in [-0.2, 0) is 18.4 Å². The van der Waals surface area contributed by atoms with Gasteiger partial charge < -0.3 is 9.52 Å². The topological polar surface area (TPSA) is 107 Å². The lowest BCUT2D eigenvalue weighted by Crippen LogP contribution is -2.11. The molecule has 108 valence electrons. The fraction of sp³-hybridized carbons (Fsp3) is 0.583. The van der Waals surface area contributed by atoms with E-state index in [9.17, 15) is 4.79 Å². The van der Waals surface area contributed by atoms with E-state index >= 15 is 0 Å². The lowest BCUT2D eigenvalue weighted by Gasteiger charge is -2.11. The van der Waals surface area contributed by atoms with Gasteiger partial charge in [0.15, 0.2) is 5.69 Å². The second kappa shape index (κ2) is 5.03. The summed E-state index contributed by atoms with van der Waals surface area (Å²) in [6.07, 6.45) is 0.509. The molecular formula is C12H17N5O3. The monoisotopic (exact) mass is 279 g/mol. The van der Waals surface area contributed by atoms with Crippen molar-refractivity contribution in [2.45, 2.75) is 46.1 Å². The van der Waals surface area contributed by atoms with Gasteiger partial charge in [-0.15, -0.1) is 15.3 Å². The van der Waals surface area contributed by atoms with E-state index in [2.05, 4.69) is 20.5 Å². The minimum Gasteiger partial charge on any atom is -0.476 e. The second-order valence-electron chi connectivity index (χ2n) is 5.45. The van der Waals surface area contributed by atoms with Gasteiger partial charge in [-0.3, -0.25) is 0 Å². The molecule has 0 saturated carbocycles. The average Bonchev–Trinajstić information content (AvgIpc) is 2.95. The highest BCUT2D eigenvalue weighted by Crippen LogP contribution is 2.20. The fourth-order valence-corrected chi connectivity index (χ4v) is 1.72. The summed E-state index contributed by atoms with van der Waals surface area (Å²) in [4.78, 5) is 11.0. The van der Waals surface area contributed by atoms with Gasteiger partial charge in [-0.1, -0.05) is 32.9 Å². The Labute approximate surface area is 115 Å². The van der Waals surface area contributed by atoms with Crippen molar-refractivity contribution < 1.29 is 14.3 Å². The minimum atomic E-state index is -1.09. The maximum absolute atomic E-state index is 11.0. The first kappa shape index (κ1) is 14.2. The first-order valence-corrected chi connectivity index (χ1v) is 6.31. The quantitative estimate of drug-likeness (QED) is 0.897. The summed E-state index contributed by atoms with van der Waals surface area (Å²) < 4.78 is 7.04. The molecule has 2 heterocycles. The molecule has 2 aromatic rings. The van der Waals surface area contributed by atoms with Gasteiger partial charge in [-0.05, 0) is 6.42 Å². The number of carboxylic acids is 1. The molecule has 0 bridgehead atoms. The Hall–Kier alpha value is -2.25. The van der Waals surface area contributed by atoms with E-state index in [0.29, 0.717) is 23.9 Å². The Balaban J connectivity index is 2.26. The smallest absolute Gasteiger partial charge is 0.358 e. The summed E-state index contributed by atoms with van der Waals surface area (Å²) in [5.74, 6) is -0.176. The van der Waals surface area contributed by atoms with Crippen LogP contribution in [0.25, 0.3) is 0 Å². The van der Waals surface area contributed by atoms with Crippen molar-refractivity contribution in [3.63, 3.8) is 0 Å². The van der Waals surface area contributed by atoms with Crippen molar-refractivity contribution in [1.82, 2.24) is 25.2 Å². The molecule has 8 nitrogen and oxygen atoms in total. The Morgan fingerprint density at radius 2 is 2.00 bits per heavy atom. The largest absolute Gasteiger partial charge is 0.476 e. The van der Waals surface area contributed by atoms with Crippen LogP contribution in [-0.4, -0.2) is 36.3 Å². The van der Waals surface area contributed by atoms with E-state index in [1.807, 2.05) is 27.7 Å². The maximum Gasteiger partial charge on any atom is 0.358 e. The molecular weight excluding hydrogens is 262 g/mol. The number of nitrogens with zero attached hydrogens (tertiary/aromatic N) is 5. The molecule has 0 aliphatic carbocycles. The van der Waals surface area contributed by atoms with Crippen LogP contribution in [0.1, 0.15) is 55.7 Å². The standard InChI is InChI=1S/C12H17N5O3/c1-5-7-9(10(18)19)14-16-17(7)6-8-13-15-11(20-8)12(2,3)4/h5-6H2,1-4H3,(H,18,19). The molecule has 2 aromatic heterocycles. The van der Waals surface area contributed by atoms with Crippen LogP contribution in [0.5, 0.6) is 0 Å². The van der Waals surface area contributed by atoms with Crippen LogP contribution in [0.15, 0.2) is 4.42 Å². The third kappa shape index (κ3) is 2.68. The molecule has 0 fully saturated rings. The molecule has 0 saturated heterocycles. The summed E-state index contributed by atoms with van der Waals surface area (Å²) in [7, 11) is 0. The number of rotatable bonds is 4. The van der Waals surface area contributed by atoms with Crippen molar-refractivity contribution in [1.29, 1.82) is 0 Å². The maximum atomic E-state index is 11.0. The predicted molar refractivity (Wildman–Crippen MR) is 68.5 cm³/mol. The van der Waals surface area contributed by atoms with E-state index < -0.39 is 5.97 Å². The molecule has 0 amide bonds. The van der Waals surface area contributed by atoms with Crippen LogP contribution in [0.3, 0.4) is 0 Å². The number of carbonyl (C=O) groups is 1. The summed E-state index contributed by atoms with van der Waals surface area (Å²) in [5, 5.41) is 24.5. The van der Waals surface area contributed by atoms with Crippen LogP contribution in [0.4, 0.5) is 0 Å². The molecule has 0 aromatic carbocycles. The lowest BCUT2D eigenvalue weighted by molar-refractivity contribution is 0.0689. The Morgan fingerprint density at radius 3 is 2.50 bits per heavy atom. The second-order valence-corrected chi connectivity index (χ2v) is 5.45. The van der Waals surface area contributed by atoms with E-state index in [4.69, 9.17) is 9.52 Å². The zero-order valence-corrected chi connectivity index (χ0v) is 11.9. The summed E-state index contributed by atoms with van der Waals surface area (Å²) in [5.41, 5.74) is 0.268. The van der Waals surface area contributed by atoms with Gasteiger partial charge in [0.2, 0.25) is 11.8 Å². The van der Waals surface area contributed by atoms with Crippen molar-refractivity contribution in [3.05, 3.63) is 23.2 Å². The highest BCUT2D eigenvalue weighted by Gasteiger charge is 2.23. The highest BCUT2D eigenvalue weighted by molar-refractivity contribution is 5.86. The number of aromatic nitrogens is 5. The third-order valence-electron chi connectivity index (χ3n) is 2.77. The lowest BCUT2D eigenvalue weighted by atomic mass is 9.97. The number of hydrogen-bond acceptors (Lipinski definition) is 6. The van der Waals surface area contributed by atoms with Crippen LogP contribution in [0.2, 0.25) is 0 Å². The Morgan fingerprint density at radius 1 is 1.30 bits per heavy atom. The van der Waals surface area contributed by atoms with Gasteiger partial charge >= 0.3 is 5.97 Å². The molecule has 8 heteroatoms. The summed E-state index contributed by atoms with van der Waals surface area (Å²) in [6, 6.07) is 0. The van der Waals surface area contributed by atoms with Crippen molar-refractivity contribution in [3.8, 4) is 0 Å². The van der Waals surface area contributed by atoms with Gasteiger partial charge in [-0.2, -0.15) is 0 Å². The summed E-state index contributed by atoms with van der Waals surface area (Å²) >= 11 is 0. The van der Waals surface area contributed by atoms with Gasteiger partial charge in [-0.25, -0.2) is 9.48 Å². The zero-order chi connectivity index (χ0) is 14.9.